The van der Waals surface area contributed by atoms with Crippen LogP contribution in [0.15, 0.2) is 42.5 Å². The number of carbonyl (C=O) groups excluding carboxylic acids is 1. The van der Waals surface area contributed by atoms with Crippen molar-refractivity contribution < 1.29 is 13.6 Å². The largest absolute Gasteiger partial charge is 0.331 e. The molecule has 2 N–H and O–H groups in total. The Morgan fingerprint density at radius 3 is 2.70 bits per heavy atom. The van der Waals surface area contributed by atoms with Crippen LogP contribution in [0.2, 0.25) is 0 Å². The van der Waals surface area contributed by atoms with Gasteiger partial charge in [-0.15, -0.1) is 0 Å². The monoisotopic (exact) mass is 333 g/mol. The minimum absolute atomic E-state index is 0.457. The van der Waals surface area contributed by atoms with Gasteiger partial charge < -0.3 is 5.32 Å². The van der Waals surface area contributed by atoms with Gasteiger partial charge in [0.1, 0.15) is 0 Å². The van der Waals surface area contributed by atoms with E-state index in [0.717, 1.165) is 22.3 Å². The zero-order valence-corrected chi connectivity index (χ0v) is 13.0. The molecule has 0 aliphatic carbocycles. The van der Waals surface area contributed by atoms with Crippen LogP contribution in [0.5, 0.6) is 0 Å². The van der Waals surface area contributed by atoms with Crippen LogP contribution in [0.4, 0.5) is 18.7 Å². The molecule has 0 radical (unpaired) electrons. The zero-order chi connectivity index (χ0) is 16.4. The average Bonchev–Trinajstić information content (AvgIpc) is 2.91. The summed E-state index contributed by atoms with van der Waals surface area (Å²) in [5.41, 5.74) is 1.28. The van der Waals surface area contributed by atoms with E-state index in [1.165, 1.54) is 17.4 Å². The summed E-state index contributed by atoms with van der Waals surface area (Å²) in [6.45, 7) is 1.69. The summed E-state index contributed by atoms with van der Waals surface area (Å²) < 4.78 is 27.1. The van der Waals surface area contributed by atoms with Crippen molar-refractivity contribution in [2.75, 3.05) is 5.32 Å². The lowest BCUT2D eigenvalue weighted by Crippen LogP contribution is -2.31. The van der Waals surface area contributed by atoms with Crippen molar-refractivity contribution in [1.29, 1.82) is 0 Å². The molecule has 0 spiro atoms. The van der Waals surface area contributed by atoms with Crippen molar-refractivity contribution in [3.05, 3.63) is 59.7 Å². The summed E-state index contributed by atoms with van der Waals surface area (Å²) in [7, 11) is 0. The summed E-state index contributed by atoms with van der Waals surface area (Å²) in [6, 6.07) is 10.2. The summed E-state index contributed by atoms with van der Waals surface area (Å²) >= 11 is 1.36. The number of carbonyl (C=O) groups is 1. The first-order valence-corrected chi connectivity index (χ1v) is 7.72. The van der Waals surface area contributed by atoms with E-state index >= 15 is 0 Å². The van der Waals surface area contributed by atoms with Gasteiger partial charge in [-0.05, 0) is 36.8 Å². The lowest BCUT2D eigenvalue weighted by Gasteiger charge is -2.14. The van der Waals surface area contributed by atoms with Crippen molar-refractivity contribution in [2.45, 2.75) is 13.0 Å². The molecule has 0 saturated carbocycles. The van der Waals surface area contributed by atoms with Gasteiger partial charge in [-0.3, -0.25) is 5.32 Å². The van der Waals surface area contributed by atoms with E-state index in [1.54, 1.807) is 6.92 Å². The molecule has 3 aromatic rings. The van der Waals surface area contributed by atoms with E-state index in [0.29, 0.717) is 10.7 Å². The van der Waals surface area contributed by atoms with Gasteiger partial charge in [0.2, 0.25) is 0 Å². The number of anilines is 1. The fourth-order valence-electron chi connectivity index (χ4n) is 2.12. The van der Waals surface area contributed by atoms with E-state index in [2.05, 4.69) is 15.6 Å². The number of urea groups is 1. The van der Waals surface area contributed by atoms with Gasteiger partial charge in [-0.2, -0.15) is 0 Å². The second-order valence-corrected chi connectivity index (χ2v) is 6.01. The number of nitrogens with one attached hydrogen (secondary N) is 2. The maximum Gasteiger partial charge on any atom is 0.321 e. The Kier molecular flexibility index (Phi) is 4.20. The maximum atomic E-state index is 13.2. The van der Waals surface area contributed by atoms with Crippen molar-refractivity contribution in [3.8, 4) is 0 Å². The van der Waals surface area contributed by atoms with Crippen LogP contribution in [-0.4, -0.2) is 11.0 Å². The van der Waals surface area contributed by atoms with Crippen LogP contribution < -0.4 is 10.6 Å². The molecule has 0 saturated heterocycles. The highest BCUT2D eigenvalue weighted by molar-refractivity contribution is 7.22. The number of nitrogens with zero attached hydrogens (tertiary/aromatic N) is 1. The van der Waals surface area contributed by atoms with Crippen LogP contribution >= 0.6 is 11.3 Å². The molecule has 118 valence electrons. The molecular weight excluding hydrogens is 320 g/mol. The first-order valence-electron chi connectivity index (χ1n) is 6.91. The summed E-state index contributed by atoms with van der Waals surface area (Å²) in [5, 5.41) is 5.78. The van der Waals surface area contributed by atoms with Crippen molar-refractivity contribution in [1.82, 2.24) is 10.3 Å². The molecule has 1 aromatic heterocycles. The topological polar surface area (TPSA) is 54.0 Å². The van der Waals surface area contributed by atoms with Crippen molar-refractivity contribution in [2.24, 2.45) is 0 Å². The lowest BCUT2D eigenvalue weighted by molar-refractivity contribution is 0.249. The first-order chi connectivity index (χ1) is 11.0. The van der Waals surface area contributed by atoms with E-state index in [9.17, 15) is 13.6 Å². The molecule has 2 aromatic carbocycles. The highest BCUT2D eigenvalue weighted by Gasteiger charge is 2.13. The van der Waals surface area contributed by atoms with E-state index < -0.39 is 23.7 Å². The molecule has 1 heterocycles. The number of rotatable bonds is 3. The highest BCUT2D eigenvalue weighted by atomic mass is 32.1. The lowest BCUT2D eigenvalue weighted by atomic mass is 10.1. The van der Waals surface area contributed by atoms with Crippen molar-refractivity contribution >= 4 is 32.7 Å². The first kappa shape index (κ1) is 15.4. The number of halogens is 2. The van der Waals surface area contributed by atoms with Gasteiger partial charge in [0.05, 0.1) is 16.3 Å². The Bertz CT molecular complexity index is 832. The Balaban J connectivity index is 1.67. The number of para-hydroxylation sites is 1. The summed E-state index contributed by atoms with van der Waals surface area (Å²) in [5.74, 6) is -1.86. The van der Waals surface area contributed by atoms with E-state index in [-0.39, 0.29) is 0 Å². The zero-order valence-electron chi connectivity index (χ0n) is 12.1. The fourth-order valence-corrected chi connectivity index (χ4v) is 2.98. The molecule has 7 heteroatoms. The van der Waals surface area contributed by atoms with Gasteiger partial charge >= 0.3 is 6.03 Å². The van der Waals surface area contributed by atoms with E-state index in [4.69, 9.17) is 0 Å². The van der Waals surface area contributed by atoms with Gasteiger partial charge in [-0.25, -0.2) is 18.6 Å². The Labute approximate surface area is 135 Å². The fraction of sp³-hybridized carbons (Fsp3) is 0.125. The highest BCUT2D eigenvalue weighted by Crippen LogP contribution is 2.25. The van der Waals surface area contributed by atoms with Crippen LogP contribution in [0, 0.1) is 11.6 Å². The number of benzene rings is 2. The molecule has 0 aliphatic rings. The predicted octanol–water partition coefficient (Wildman–Crippen LogP) is 4.46. The second-order valence-electron chi connectivity index (χ2n) is 4.98. The van der Waals surface area contributed by atoms with Gasteiger partial charge in [0.25, 0.3) is 0 Å². The molecule has 23 heavy (non-hydrogen) atoms. The van der Waals surface area contributed by atoms with Gasteiger partial charge in [-0.1, -0.05) is 29.5 Å². The third kappa shape index (κ3) is 3.45. The Morgan fingerprint density at radius 2 is 1.96 bits per heavy atom. The molecule has 0 bridgehead atoms. The van der Waals surface area contributed by atoms with Gasteiger partial charge in [0, 0.05) is 0 Å². The molecule has 4 nitrogen and oxygen atoms in total. The molecule has 2 amide bonds. The number of thiazole rings is 1. The second kappa shape index (κ2) is 6.29. The molecule has 1 atom stereocenters. The third-order valence-electron chi connectivity index (χ3n) is 3.31. The normalized spacial score (nSPS) is 12.1. The minimum atomic E-state index is -0.942. The SMILES string of the molecule is CC(NC(=O)Nc1nc2ccccc2s1)c1ccc(F)c(F)c1. The minimum Gasteiger partial charge on any atom is -0.331 e. The molecular formula is C16H13F2N3OS. The number of aromatic nitrogens is 1. The quantitative estimate of drug-likeness (QED) is 0.743. The standard InChI is InChI=1S/C16H13F2N3OS/c1-9(10-6-7-11(17)12(18)8-10)19-15(22)21-16-20-13-4-2-3-5-14(13)23-16/h2-9H,1H3,(H2,19,20,21,22). The Morgan fingerprint density at radius 1 is 1.17 bits per heavy atom. The summed E-state index contributed by atoms with van der Waals surface area (Å²) in [6.07, 6.45) is 0. The van der Waals surface area contributed by atoms with Gasteiger partial charge in [0.15, 0.2) is 16.8 Å². The molecule has 0 fully saturated rings. The number of hydrogen-bond acceptors (Lipinski definition) is 3. The average molecular weight is 333 g/mol. The van der Waals surface area contributed by atoms with E-state index in [1.807, 2.05) is 24.3 Å². The van der Waals surface area contributed by atoms with Crippen LogP contribution in [-0.2, 0) is 0 Å². The molecule has 0 aliphatic heterocycles. The third-order valence-corrected chi connectivity index (χ3v) is 4.26. The number of fused-ring (bicyclic) bond motifs is 1. The molecule has 1 unspecified atom stereocenters. The number of amides is 2. The predicted molar refractivity (Wildman–Crippen MR) is 86.5 cm³/mol. The smallest absolute Gasteiger partial charge is 0.321 e. The van der Waals surface area contributed by atoms with Crippen LogP contribution in [0.3, 0.4) is 0 Å². The number of hydrogen-bond donors (Lipinski definition) is 2. The molecule has 3 rings (SSSR count). The van der Waals surface area contributed by atoms with Crippen molar-refractivity contribution in [3.63, 3.8) is 0 Å². The Hall–Kier alpha value is -2.54. The van der Waals surface area contributed by atoms with Crippen LogP contribution in [0.25, 0.3) is 10.2 Å². The van der Waals surface area contributed by atoms with Crippen LogP contribution in [0.1, 0.15) is 18.5 Å². The maximum absolute atomic E-state index is 13.2. The summed E-state index contributed by atoms with van der Waals surface area (Å²) in [4.78, 5) is 16.3.